The lowest BCUT2D eigenvalue weighted by Gasteiger charge is -2.34. The molecule has 3 amide bonds. The number of benzene rings is 3. The van der Waals surface area contributed by atoms with Gasteiger partial charge in [0.05, 0.1) is 29.4 Å². The van der Waals surface area contributed by atoms with Crippen LogP contribution in [-0.4, -0.2) is 89.8 Å². The van der Waals surface area contributed by atoms with Crippen LogP contribution in [0.1, 0.15) is 48.9 Å². The number of imide groups is 1. The van der Waals surface area contributed by atoms with Crippen molar-refractivity contribution in [1.29, 1.82) is 5.26 Å². The molecule has 0 aromatic heterocycles. The van der Waals surface area contributed by atoms with Gasteiger partial charge in [-0.05, 0) is 92.5 Å². The molecule has 0 aliphatic carbocycles. The first-order chi connectivity index (χ1) is 26.9. The average molecular weight is 827 g/mol. The Balaban J connectivity index is 0.983. The van der Waals surface area contributed by atoms with Crippen molar-refractivity contribution < 1.29 is 41.5 Å². The third kappa shape index (κ3) is 9.44. The Bertz CT molecular complexity index is 2150. The molecule has 3 aromatic carbocycles. The Morgan fingerprint density at radius 3 is 2.35 bits per heavy atom. The van der Waals surface area contributed by atoms with Gasteiger partial charge in [0.15, 0.2) is 22.5 Å². The number of ether oxygens (including phenoxy) is 1. The van der Waals surface area contributed by atoms with Gasteiger partial charge >= 0.3 is 6.18 Å². The van der Waals surface area contributed by atoms with Crippen LogP contribution >= 0.6 is 23.8 Å². The summed E-state index contributed by atoms with van der Waals surface area (Å²) in [5, 5.41) is 11.9. The van der Waals surface area contributed by atoms with Crippen LogP contribution in [0.5, 0.6) is 5.75 Å². The number of carbonyl (C=O) groups is 4. The highest BCUT2D eigenvalue weighted by Crippen LogP contribution is 2.40. The number of alkyl halides is 3. The van der Waals surface area contributed by atoms with E-state index in [9.17, 15) is 37.6 Å². The molecule has 1 atom stereocenters. The fourth-order valence-corrected chi connectivity index (χ4v) is 8.15. The summed E-state index contributed by atoms with van der Waals surface area (Å²) in [6.07, 6.45) is -3.46. The monoisotopic (exact) mass is 826 g/mol. The maximum Gasteiger partial charge on any atom is 0.417 e. The number of Topliss-reactive ketones (excluding diaryl/α,β-unsaturated/α-hetero) is 1. The molecule has 300 valence electrons. The van der Waals surface area contributed by atoms with Gasteiger partial charge in [0.25, 0.3) is 5.91 Å². The zero-order chi connectivity index (χ0) is 41.2. The molecule has 3 heterocycles. The second-order valence-corrected chi connectivity index (χ2v) is 15.6. The number of piperidine rings is 1. The number of carbonyl (C=O) groups excluding carboxylic acids is 4. The third-order valence-electron chi connectivity index (χ3n) is 10.3. The summed E-state index contributed by atoms with van der Waals surface area (Å²) in [5.41, 5.74) is -1.56. The topological polar surface area (TPSA) is 126 Å². The van der Waals surface area contributed by atoms with Gasteiger partial charge in [0.2, 0.25) is 11.8 Å². The van der Waals surface area contributed by atoms with Crippen LogP contribution in [0.4, 0.5) is 28.9 Å². The predicted octanol–water partition coefficient (Wildman–Crippen LogP) is 5.69. The second-order valence-electron chi connectivity index (χ2n) is 14.8. The van der Waals surface area contributed by atoms with Gasteiger partial charge in [0, 0.05) is 68.3 Å². The smallest absolute Gasteiger partial charge is 0.417 e. The number of ketones is 1. The van der Waals surface area contributed by atoms with Gasteiger partial charge in [-0.15, -0.1) is 0 Å². The molecule has 6 rings (SSSR count). The zero-order valence-electron chi connectivity index (χ0n) is 31.1. The largest absolute Gasteiger partial charge is 0.489 e. The molecule has 0 radical (unpaired) electrons. The highest BCUT2D eigenvalue weighted by atomic mass is 35.5. The molecule has 1 unspecified atom stereocenters. The summed E-state index contributed by atoms with van der Waals surface area (Å²) >= 11 is 11.9. The lowest BCUT2D eigenvalue weighted by atomic mass is 9.90. The number of hydrogen-bond donors (Lipinski definition) is 1. The first-order valence-electron chi connectivity index (χ1n) is 18.3. The van der Waals surface area contributed by atoms with Crippen molar-refractivity contribution in [2.75, 3.05) is 55.7 Å². The Kier molecular flexibility index (Phi) is 12.3. The standard InChI is InChI=1S/C40H39ClF4N6O5S/c1-39(2)37(55)50(29-5-3-27(22-46)32(20-29)40(43,44)45)38(57)51(39)30-6-7-34(33(42)21-30)56-14-13-48-9-11-49(12-10-48)23-31(52)19-25-15-24(17-28(41)18-25)16-26-4-8-35(53)47-36(26)54/h3,5-7,15,17-18,20-21,26H,4,8-14,16,19,23H2,1-2H3,(H,47,53,54). The van der Waals surface area contributed by atoms with Crippen molar-refractivity contribution in [1.82, 2.24) is 15.1 Å². The van der Waals surface area contributed by atoms with Crippen molar-refractivity contribution in [2.45, 2.75) is 51.2 Å². The number of anilines is 2. The molecule has 17 heteroatoms. The second kappa shape index (κ2) is 16.9. The van der Waals surface area contributed by atoms with Crippen LogP contribution in [0.25, 0.3) is 0 Å². The number of nitriles is 1. The van der Waals surface area contributed by atoms with E-state index in [1.165, 1.54) is 43.0 Å². The first kappa shape index (κ1) is 41.7. The van der Waals surface area contributed by atoms with E-state index in [0.717, 1.165) is 28.2 Å². The molecule has 3 aliphatic heterocycles. The van der Waals surface area contributed by atoms with E-state index < -0.39 is 34.6 Å². The summed E-state index contributed by atoms with van der Waals surface area (Å²) in [6, 6.07) is 13.9. The molecular formula is C40H39ClF4N6O5S. The highest BCUT2D eigenvalue weighted by molar-refractivity contribution is 7.81. The minimum absolute atomic E-state index is 0.0277. The maximum absolute atomic E-state index is 15.4. The van der Waals surface area contributed by atoms with E-state index >= 15 is 4.39 Å². The van der Waals surface area contributed by atoms with Crippen molar-refractivity contribution in [2.24, 2.45) is 5.92 Å². The Labute approximate surface area is 337 Å². The zero-order valence-corrected chi connectivity index (χ0v) is 32.7. The summed E-state index contributed by atoms with van der Waals surface area (Å²) < 4.78 is 62.2. The molecule has 3 aromatic rings. The molecule has 3 saturated heterocycles. The number of hydrogen-bond acceptors (Lipinski definition) is 9. The molecular weight excluding hydrogens is 788 g/mol. The van der Waals surface area contributed by atoms with Crippen LogP contribution in [0.2, 0.25) is 5.02 Å². The minimum atomic E-state index is -4.84. The first-order valence-corrected chi connectivity index (χ1v) is 19.0. The molecule has 0 bridgehead atoms. The average Bonchev–Trinajstić information content (AvgIpc) is 3.31. The number of piperazine rings is 1. The van der Waals surface area contributed by atoms with E-state index in [0.29, 0.717) is 63.1 Å². The lowest BCUT2D eigenvalue weighted by Crippen LogP contribution is -2.48. The molecule has 57 heavy (non-hydrogen) atoms. The van der Waals surface area contributed by atoms with Gasteiger partial charge in [0.1, 0.15) is 12.1 Å². The lowest BCUT2D eigenvalue weighted by molar-refractivity contribution is -0.138. The maximum atomic E-state index is 15.4. The molecule has 0 saturated carbocycles. The van der Waals surface area contributed by atoms with Crippen molar-refractivity contribution in [3.05, 3.63) is 87.7 Å². The molecule has 0 spiro atoms. The van der Waals surface area contributed by atoms with Crippen LogP contribution in [0, 0.1) is 23.1 Å². The summed E-state index contributed by atoms with van der Waals surface area (Å²) in [7, 11) is 0. The molecule has 11 nitrogen and oxygen atoms in total. The molecule has 3 aliphatic rings. The fraction of sp³-hybridized carbons (Fsp3) is 0.400. The van der Waals surface area contributed by atoms with E-state index in [2.05, 4.69) is 15.1 Å². The Morgan fingerprint density at radius 2 is 1.68 bits per heavy atom. The van der Waals surface area contributed by atoms with E-state index in [-0.39, 0.29) is 65.3 Å². The molecule has 1 N–H and O–H groups in total. The summed E-state index contributed by atoms with van der Waals surface area (Å²) in [4.78, 5) is 56.8. The number of nitrogens with zero attached hydrogens (tertiary/aromatic N) is 5. The number of amides is 3. The van der Waals surface area contributed by atoms with Crippen LogP contribution in [0.3, 0.4) is 0 Å². The van der Waals surface area contributed by atoms with E-state index in [4.69, 9.17) is 28.6 Å². The van der Waals surface area contributed by atoms with Crippen molar-refractivity contribution >= 4 is 63.8 Å². The van der Waals surface area contributed by atoms with Crippen molar-refractivity contribution in [3.63, 3.8) is 0 Å². The summed E-state index contributed by atoms with van der Waals surface area (Å²) in [5.74, 6) is -2.25. The van der Waals surface area contributed by atoms with Gasteiger partial charge in [-0.1, -0.05) is 17.7 Å². The third-order valence-corrected chi connectivity index (χ3v) is 10.9. The van der Waals surface area contributed by atoms with Gasteiger partial charge in [-0.2, -0.15) is 18.4 Å². The number of halogens is 5. The highest BCUT2D eigenvalue weighted by Gasteiger charge is 2.51. The number of rotatable bonds is 12. The molecule has 3 fully saturated rings. The fourth-order valence-electron chi connectivity index (χ4n) is 7.35. The van der Waals surface area contributed by atoms with E-state index in [1.807, 2.05) is 6.07 Å². The Hall–Kier alpha value is -4.95. The van der Waals surface area contributed by atoms with Gasteiger partial charge in [-0.3, -0.25) is 39.2 Å². The SMILES string of the molecule is CC1(C)C(=O)N(c2ccc(C#N)c(C(F)(F)F)c2)C(=S)N1c1ccc(OCCN2CCN(CC(=O)Cc3cc(Cl)cc(CC4CCC(=O)NC4=O)c3)CC2)c(F)c1. The Morgan fingerprint density at radius 1 is 1.00 bits per heavy atom. The quantitative estimate of drug-likeness (QED) is 0.138. The van der Waals surface area contributed by atoms with Crippen LogP contribution < -0.4 is 19.9 Å². The van der Waals surface area contributed by atoms with Crippen molar-refractivity contribution in [3.8, 4) is 11.8 Å². The van der Waals surface area contributed by atoms with E-state index in [1.54, 1.807) is 12.1 Å². The predicted molar refractivity (Wildman–Crippen MR) is 207 cm³/mol. The van der Waals surface area contributed by atoms with Gasteiger partial charge < -0.3 is 9.64 Å². The summed E-state index contributed by atoms with van der Waals surface area (Å²) in [6.45, 7) is 6.61. The van der Waals surface area contributed by atoms with Crippen LogP contribution in [0.15, 0.2) is 54.6 Å². The normalized spacial score (nSPS) is 19.2. The van der Waals surface area contributed by atoms with Gasteiger partial charge in [-0.25, -0.2) is 4.39 Å². The number of thiocarbonyl (C=S) groups is 1. The minimum Gasteiger partial charge on any atom is -0.489 e. The number of nitrogens with one attached hydrogen (secondary N) is 1. The van der Waals surface area contributed by atoms with Crippen LogP contribution in [-0.2, 0) is 38.2 Å².